The Morgan fingerprint density at radius 3 is 2.68 bits per heavy atom. The molecule has 184 valence electrons. The van der Waals surface area contributed by atoms with E-state index in [4.69, 9.17) is 15.7 Å². The number of amides is 1. The summed E-state index contributed by atoms with van der Waals surface area (Å²) in [4.78, 5) is 26.5. The summed E-state index contributed by atoms with van der Waals surface area (Å²) in [7, 11) is 1.90. The number of aromatic nitrogens is 2. The highest BCUT2D eigenvalue weighted by Gasteiger charge is 2.23. The molecule has 0 bridgehead atoms. The van der Waals surface area contributed by atoms with E-state index < -0.39 is 5.82 Å². The number of hydrogen-bond acceptors (Lipinski definition) is 9. The lowest BCUT2D eigenvalue weighted by Gasteiger charge is -2.36. The minimum absolute atomic E-state index is 0.176. The molecule has 12 heteroatoms. The summed E-state index contributed by atoms with van der Waals surface area (Å²) < 4.78 is 19.7. The van der Waals surface area contributed by atoms with Crippen LogP contribution in [0.1, 0.15) is 19.4 Å². The largest absolute Gasteiger partial charge is 0.449 e. The van der Waals surface area contributed by atoms with E-state index in [2.05, 4.69) is 25.3 Å². The van der Waals surface area contributed by atoms with Gasteiger partial charge in [0.25, 0.3) is 0 Å². The highest BCUT2D eigenvalue weighted by Crippen LogP contribution is 2.22. The molecule has 1 aromatic carbocycles. The summed E-state index contributed by atoms with van der Waals surface area (Å²) in [6, 6.07) is 5.91. The van der Waals surface area contributed by atoms with Gasteiger partial charge in [-0.15, -0.1) is 0 Å². The average Bonchev–Trinajstić information content (AvgIpc) is 2.83. The predicted octanol–water partition coefficient (Wildman–Crippen LogP) is 2.26. The number of carbonyl (C=O) groups excluding carboxylic acids is 1. The minimum atomic E-state index is -0.567. The van der Waals surface area contributed by atoms with Crippen LogP contribution in [0.4, 0.5) is 26.5 Å². The van der Waals surface area contributed by atoms with E-state index in [0.717, 1.165) is 13.1 Å². The Labute approximate surface area is 198 Å². The molecule has 1 amide bonds. The summed E-state index contributed by atoms with van der Waals surface area (Å²) in [6.45, 7) is 7.67. The number of rotatable bonds is 8. The van der Waals surface area contributed by atoms with E-state index in [0.29, 0.717) is 43.9 Å². The molecule has 1 aliphatic rings. The van der Waals surface area contributed by atoms with E-state index >= 15 is 0 Å². The van der Waals surface area contributed by atoms with E-state index in [1.807, 2.05) is 25.8 Å². The van der Waals surface area contributed by atoms with Crippen LogP contribution in [-0.2, 0) is 4.74 Å². The quantitative estimate of drug-likeness (QED) is 0.228. The molecule has 11 nitrogen and oxygen atoms in total. The maximum atomic E-state index is 14.4. The molecule has 3 rings (SSSR count). The molecule has 4 N–H and O–H groups in total. The Bertz CT molecular complexity index is 1010. The minimum Gasteiger partial charge on any atom is -0.449 e. The number of piperazine rings is 1. The van der Waals surface area contributed by atoms with Crippen molar-refractivity contribution in [2.45, 2.75) is 13.8 Å². The third-order valence-electron chi connectivity index (χ3n) is 5.26. The number of oxime groups is 1. The fourth-order valence-electron chi connectivity index (χ4n) is 3.37. The topological polar surface area (TPSA) is 132 Å². The van der Waals surface area contributed by atoms with Crippen LogP contribution in [0.25, 0.3) is 0 Å². The number of anilines is 3. The van der Waals surface area contributed by atoms with Gasteiger partial charge in [0.05, 0.1) is 19.0 Å². The molecule has 1 saturated heterocycles. The smallest absolute Gasteiger partial charge is 0.409 e. The van der Waals surface area contributed by atoms with Crippen molar-refractivity contribution in [1.82, 2.24) is 19.8 Å². The molecule has 34 heavy (non-hydrogen) atoms. The van der Waals surface area contributed by atoms with Crippen molar-refractivity contribution in [3.63, 3.8) is 0 Å². The average molecular weight is 475 g/mol. The second kappa shape index (κ2) is 11.5. The number of ether oxygens (including phenoxy) is 1. The zero-order chi connectivity index (χ0) is 24.7. The lowest BCUT2D eigenvalue weighted by Crippen LogP contribution is -2.51. The molecular formula is C22H31FN8O3. The zero-order valence-corrected chi connectivity index (χ0v) is 19.6. The Morgan fingerprint density at radius 2 is 2.03 bits per heavy atom. The van der Waals surface area contributed by atoms with Gasteiger partial charge in [0, 0.05) is 44.9 Å². The molecule has 2 heterocycles. The van der Waals surface area contributed by atoms with Crippen molar-refractivity contribution < 1.29 is 19.1 Å². The van der Waals surface area contributed by atoms with E-state index in [1.165, 1.54) is 24.5 Å². The molecule has 0 atom stereocenters. The van der Waals surface area contributed by atoms with E-state index in [1.54, 1.807) is 11.0 Å². The number of nitrogens with zero attached hydrogens (tertiary/aromatic N) is 6. The number of halogens is 1. The van der Waals surface area contributed by atoms with Gasteiger partial charge in [-0.05, 0) is 24.1 Å². The highest BCUT2D eigenvalue weighted by atomic mass is 19.1. The van der Waals surface area contributed by atoms with Crippen LogP contribution in [0.3, 0.4) is 0 Å². The number of hydrogen-bond donors (Lipinski definition) is 3. The Kier molecular flexibility index (Phi) is 8.41. The number of nitrogens with one attached hydrogen (secondary N) is 1. The second-order valence-corrected chi connectivity index (χ2v) is 8.48. The molecular weight excluding hydrogens is 443 g/mol. The Balaban J connectivity index is 1.55. The van der Waals surface area contributed by atoms with Crippen molar-refractivity contribution in [3.8, 4) is 0 Å². The summed E-state index contributed by atoms with van der Waals surface area (Å²) in [5.74, 6) is 0.642. The molecule has 0 aliphatic carbocycles. The van der Waals surface area contributed by atoms with Crippen molar-refractivity contribution in [3.05, 3.63) is 42.0 Å². The standard InChI is InChI=1S/C22H31FN8O3/c1-15(2)12-34-22(32)31-8-6-30(7-9-31)14-29(3)20-11-19(25-13-26-20)27-18-5-4-16(10-17(18)23)21(24)28-33/h4-5,10-11,13,15,33H,6-9,12,14H2,1-3H3,(H2,24,28)(H,25,26,27). The second-order valence-electron chi connectivity index (χ2n) is 8.48. The Morgan fingerprint density at radius 1 is 1.29 bits per heavy atom. The van der Waals surface area contributed by atoms with Crippen molar-refractivity contribution in [1.29, 1.82) is 0 Å². The van der Waals surface area contributed by atoms with Gasteiger partial charge in [0.2, 0.25) is 0 Å². The molecule has 0 spiro atoms. The van der Waals surface area contributed by atoms with Crippen LogP contribution in [0, 0.1) is 11.7 Å². The normalized spacial score (nSPS) is 14.9. The first-order valence-corrected chi connectivity index (χ1v) is 11.0. The molecule has 0 unspecified atom stereocenters. The highest BCUT2D eigenvalue weighted by molar-refractivity contribution is 5.97. The van der Waals surface area contributed by atoms with Crippen LogP contribution in [0.15, 0.2) is 35.7 Å². The number of nitrogens with two attached hydrogens (primary N) is 1. The van der Waals surface area contributed by atoms with Gasteiger partial charge in [-0.3, -0.25) is 4.90 Å². The van der Waals surface area contributed by atoms with Crippen LogP contribution in [0.5, 0.6) is 0 Å². The number of carbonyl (C=O) groups is 1. The predicted molar refractivity (Wildman–Crippen MR) is 127 cm³/mol. The maximum Gasteiger partial charge on any atom is 0.409 e. The van der Waals surface area contributed by atoms with Gasteiger partial charge in [-0.25, -0.2) is 19.2 Å². The summed E-state index contributed by atoms with van der Waals surface area (Å²) in [6.07, 6.45) is 1.14. The molecule has 0 radical (unpaired) electrons. The number of benzene rings is 1. The molecule has 1 aromatic heterocycles. The third-order valence-corrected chi connectivity index (χ3v) is 5.26. The van der Waals surface area contributed by atoms with Crippen LogP contribution in [-0.4, -0.2) is 83.4 Å². The van der Waals surface area contributed by atoms with Gasteiger partial charge < -0.3 is 30.8 Å². The Hall–Kier alpha value is -3.67. The van der Waals surface area contributed by atoms with Crippen LogP contribution < -0.4 is 16.0 Å². The van der Waals surface area contributed by atoms with Gasteiger partial charge in [-0.1, -0.05) is 19.0 Å². The van der Waals surface area contributed by atoms with Gasteiger partial charge >= 0.3 is 6.09 Å². The number of amidine groups is 1. The first kappa shape index (κ1) is 25.0. The SMILES string of the molecule is CC(C)COC(=O)N1CCN(CN(C)c2cc(Nc3ccc(C(N)=NO)cc3F)ncn2)CC1. The molecule has 1 fully saturated rings. The molecule has 2 aromatic rings. The van der Waals surface area contributed by atoms with E-state index in [9.17, 15) is 9.18 Å². The van der Waals surface area contributed by atoms with Gasteiger partial charge in [0.1, 0.15) is 23.8 Å². The summed E-state index contributed by atoms with van der Waals surface area (Å²) in [5.41, 5.74) is 5.96. The van der Waals surface area contributed by atoms with Crippen molar-refractivity contribution in [2.24, 2.45) is 16.8 Å². The molecule has 1 aliphatic heterocycles. The van der Waals surface area contributed by atoms with Gasteiger partial charge in [0.15, 0.2) is 5.84 Å². The summed E-state index contributed by atoms with van der Waals surface area (Å²) in [5, 5.41) is 14.5. The summed E-state index contributed by atoms with van der Waals surface area (Å²) >= 11 is 0. The maximum absolute atomic E-state index is 14.4. The lowest BCUT2D eigenvalue weighted by atomic mass is 10.2. The lowest BCUT2D eigenvalue weighted by molar-refractivity contribution is 0.0694. The van der Waals surface area contributed by atoms with Crippen LogP contribution >= 0.6 is 0 Å². The zero-order valence-electron chi connectivity index (χ0n) is 19.6. The van der Waals surface area contributed by atoms with Crippen molar-refractivity contribution in [2.75, 3.05) is 56.7 Å². The monoisotopic (exact) mass is 474 g/mol. The fraction of sp³-hybridized carbons (Fsp3) is 0.455. The van der Waals surface area contributed by atoms with Gasteiger partial charge in [-0.2, -0.15) is 0 Å². The molecule has 0 saturated carbocycles. The third kappa shape index (κ3) is 6.67. The van der Waals surface area contributed by atoms with E-state index in [-0.39, 0.29) is 23.2 Å². The fourth-order valence-corrected chi connectivity index (χ4v) is 3.37. The first-order valence-electron chi connectivity index (χ1n) is 11.0. The first-order chi connectivity index (χ1) is 16.3. The van der Waals surface area contributed by atoms with Crippen LogP contribution in [0.2, 0.25) is 0 Å². The van der Waals surface area contributed by atoms with Crippen molar-refractivity contribution >= 4 is 29.3 Å².